The highest BCUT2D eigenvalue weighted by Crippen LogP contribution is 2.27. The van der Waals surface area contributed by atoms with Crippen LogP contribution in [0.1, 0.15) is 30.3 Å². The van der Waals surface area contributed by atoms with Gasteiger partial charge in [0.05, 0.1) is 23.7 Å². The van der Waals surface area contributed by atoms with E-state index in [1.165, 1.54) is 10.9 Å². The Balaban J connectivity index is 2.22. The standard InChI is InChI=1S/C14H18N4O4/c1-2-18-11(12(15)19)10(7-16-18)17-13(20)8-5-3-4-6-9(8)14(21)22/h3-4,7-9H,2,5-6H2,1H3,(H2,15,19)(H,17,20)(H,21,22). The summed E-state index contributed by atoms with van der Waals surface area (Å²) in [7, 11) is 0. The van der Waals surface area contributed by atoms with E-state index in [1.807, 2.05) is 0 Å². The Kier molecular flexibility index (Phi) is 4.59. The SMILES string of the molecule is CCn1ncc(NC(=O)C2CC=CCC2C(=O)O)c1C(N)=O. The number of aliphatic carboxylic acids is 1. The zero-order valence-electron chi connectivity index (χ0n) is 12.2. The van der Waals surface area contributed by atoms with Crippen molar-refractivity contribution in [2.24, 2.45) is 17.6 Å². The van der Waals surface area contributed by atoms with E-state index >= 15 is 0 Å². The molecule has 8 nitrogen and oxygen atoms in total. The van der Waals surface area contributed by atoms with Crippen LogP contribution in [0.15, 0.2) is 18.3 Å². The molecule has 0 fully saturated rings. The van der Waals surface area contributed by atoms with Crippen molar-refractivity contribution in [2.45, 2.75) is 26.3 Å². The van der Waals surface area contributed by atoms with Crippen LogP contribution in [0.3, 0.4) is 0 Å². The molecular weight excluding hydrogens is 288 g/mol. The summed E-state index contributed by atoms with van der Waals surface area (Å²) in [5, 5.41) is 15.8. The van der Waals surface area contributed by atoms with Gasteiger partial charge in [0.2, 0.25) is 5.91 Å². The maximum atomic E-state index is 12.4. The number of carbonyl (C=O) groups excluding carboxylic acids is 2. The van der Waals surface area contributed by atoms with Crippen molar-refractivity contribution >= 4 is 23.5 Å². The minimum atomic E-state index is -1.01. The Bertz CT molecular complexity index is 635. The Morgan fingerprint density at radius 1 is 1.36 bits per heavy atom. The van der Waals surface area contributed by atoms with Crippen LogP contribution in [0, 0.1) is 11.8 Å². The van der Waals surface area contributed by atoms with Crippen molar-refractivity contribution in [3.63, 3.8) is 0 Å². The Hall–Kier alpha value is -2.64. The fourth-order valence-corrected chi connectivity index (χ4v) is 2.58. The highest BCUT2D eigenvalue weighted by atomic mass is 16.4. The molecule has 22 heavy (non-hydrogen) atoms. The second kappa shape index (κ2) is 6.42. The van der Waals surface area contributed by atoms with Gasteiger partial charge in [-0.25, -0.2) is 0 Å². The number of anilines is 1. The van der Waals surface area contributed by atoms with E-state index in [9.17, 15) is 19.5 Å². The number of allylic oxidation sites excluding steroid dienone is 2. The molecule has 1 heterocycles. The number of nitrogens with zero attached hydrogens (tertiary/aromatic N) is 2. The van der Waals surface area contributed by atoms with Gasteiger partial charge in [-0.15, -0.1) is 0 Å². The molecule has 118 valence electrons. The van der Waals surface area contributed by atoms with Gasteiger partial charge in [-0.3, -0.25) is 19.1 Å². The molecule has 0 radical (unpaired) electrons. The molecule has 1 aliphatic carbocycles. The van der Waals surface area contributed by atoms with E-state index in [4.69, 9.17) is 5.73 Å². The third-order valence-corrected chi connectivity index (χ3v) is 3.72. The molecule has 0 bridgehead atoms. The minimum absolute atomic E-state index is 0.106. The molecule has 1 aromatic rings. The van der Waals surface area contributed by atoms with Crippen LogP contribution in [0.5, 0.6) is 0 Å². The Morgan fingerprint density at radius 2 is 2.00 bits per heavy atom. The van der Waals surface area contributed by atoms with Crippen molar-refractivity contribution in [2.75, 3.05) is 5.32 Å². The first-order valence-corrected chi connectivity index (χ1v) is 7.00. The molecular formula is C14H18N4O4. The number of carboxylic acid groups (broad SMARTS) is 1. The first-order chi connectivity index (χ1) is 10.5. The second-order valence-electron chi connectivity index (χ2n) is 5.07. The number of primary amides is 1. The first-order valence-electron chi connectivity index (χ1n) is 7.00. The first kappa shape index (κ1) is 15.7. The molecule has 1 aliphatic rings. The number of carbonyl (C=O) groups is 3. The fraction of sp³-hybridized carbons (Fsp3) is 0.429. The topological polar surface area (TPSA) is 127 Å². The van der Waals surface area contributed by atoms with Gasteiger partial charge in [-0.05, 0) is 19.8 Å². The Labute approximate surface area is 127 Å². The smallest absolute Gasteiger partial charge is 0.307 e. The average molecular weight is 306 g/mol. The van der Waals surface area contributed by atoms with Gasteiger partial charge in [0.1, 0.15) is 5.69 Å². The van der Waals surface area contributed by atoms with Crippen LogP contribution in [0.4, 0.5) is 5.69 Å². The molecule has 4 N–H and O–H groups in total. The molecule has 2 rings (SSSR count). The van der Waals surface area contributed by atoms with Crippen LogP contribution >= 0.6 is 0 Å². The summed E-state index contributed by atoms with van der Waals surface area (Å²) in [5.74, 6) is -3.62. The molecule has 0 saturated carbocycles. The van der Waals surface area contributed by atoms with Crippen LogP contribution in [0.25, 0.3) is 0 Å². The molecule has 0 saturated heterocycles. The lowest BCUT2D eigenvalue weighted by Crippen LogP contribution is -2.35. The Morgan fingerprint density at radius 3 is 2.55 bits per heavy atom. The van der Waals surface area contributed by atoms with Gasteiger partial charge in [0.25, 0.3) is 5.91 Å². The molecule has 0 aliphatic heterocycles. The van der Waals surface area contributed by atoms with Crippen LogP contribution < -0.4 is 11.1 Å². The van der Waals surface area contributed by atoms with E-state index < -0.39 is 29.6 Å². The number of amides is 2. The molecule has 0 aromatic carbocycles. The predicted octanol–water partition coefficient (Wildman–Crippen LogP) is 0.607. The normalized spacial score (nSPS) is 20.6. The van der Waals surface area contributed by atoms with E-state index in [-0.39, 0.29) is 11.4 Å². The molecule has 2 unspecified atom stereocenters. The highest BCUT2D eigenvalue weighted by Gasteiger charge is 2.34. The van der Waals surface area contributed by atoms with E-state index in [2.05, 4.69) is 10.4 Å². The summed E-state index contributed by atoms with van der Waals surface area (Å²) in [5.41, 5.74) is 5.62. The van der Waals surface area contributed by atoms with Gasteiger partial charge >= 0.3 is 5.97 Å². The monoisotopic (exact) mass is 306 g/mol. The summed E-state index contributed by atoms with van der Waals surface area (Å²) in [6.45, 7) is 2.22. The third kappa shape index (κ3) is 3.00. The highest BCUT2D eigenvalue weighted by molar-refractivity contribution is 6.03. The molecule has 2 atom stereocenters. The van der Waals surface area contributed by atoms with Crippen molar-refractivity contribution in [3.8, 4) is 0 Å². The number of nitrogens with one attached hydrogen (secondary N) is 1. The van der Waals surface area contributed by atoms with Gasteiger partial charge in [0, 0.05) is 6.54 Å². The zero-order valence-corrected chi connectivity index (χ0v) is 12.2. The summed E-state index contributed by atoms with van der Waals surface area (Å²) >= 11 is 0. The maximum absolute atomic E-state index is 12.4. The van der Waals surface area contributed by atoms with Crippen LogP contribution in [-0.2, 0) is 16.1 Å². The minimum Gasteiger partial charge on any atom is -0.481 e. The molecule has 1 aromatic heterocycles. The van der Waals surface area contributed by atoms with Gasteiger partial charge in [0.15, 0.2) is 0 Å². The molecule has 0 spiro atoms. The average Bonchev–Trinajstić information content (AvgIpc) is 2.90. The quantitative estimate of drug-likeness (QED) is 0.687. The largest absolute Gasteiger partial charge is 0.481 e. The van der Waals surface area contributed by atoms with Gasteiger partial charge < -0.3 is 16.2 Å². The molecule has 2 amide bonds. The van der Waals surface area contributed by atoms with Crippen molar-refractivity contribution in [1.82, 2.24) is 9.78 Å². The number of rotatable bonds is 5. The molecule has 8 heteroatoms. The fourth-order valence-electron chi connectivity index (χ4n) is 2.58. The predicted molar refractivity (Wildman–Crippen MR) is 78.0 cm³/mol. The number of nitrogens with two attached hydrogens (primary N) is 1. The van der Waals surface area contributed by atoms with E-state index in [1.54, 1.807) is 19.1 Å². The second-order valence-corrected chi connectivity index (χ2v) is 5.07. The van der Waals surface area contributed by atoms with E-state index in [0.29, 0.717) is 19.4 Å². The number of carboxylic acids is 1. The summed E-state index contributed by atoms with van der Waals surface area (Å²) in [4.78, 5) is 35.1. The number of hydrogen-bond donors (Lipinski definition) is 3. The summed E-state index contributed by atoms with van der Waals surface area (Å²) in [6, 6.07) is 0. The van der Waals surface area contributed by atoms with Crippen molar-refractivity contribution < 1.29 is 19.5 Å². The number of hydrogen-bond acceptors (Lipinski definition) is 4. The van der Waals surface area contributed by atoms with Gasteiger partial charge in [-0.1, -0.05) is 12.2 Å². The third-order valence-electron chi connectivity index (χ3n) is 3.72. The van der Waals surface area contributed by atoms with Crippen molar-refractivity contribution in [1.29, 1.82) is 0 Å². The lowest BCUT2D eigenvalue weighted by molar-refractivity contribution is -0.146. The number of aryl methyl sites for hydroxylation is 1. The van der Waals surface area contributed by atoms with Crippen LogP contribution in [0.2, 0.25) is 0 Å². The number of aromatic nitrogens is 2. The lowest BCUT2D eigenvalue weighted by atomic mass is 9.82. The van der Waals surface area contributed by atoms with E-state index in [0.717, 1.165) is 0 Å². The zero-order chi connectivity index (χ0) is 16.3. The van der Waals surface area contributed by atoms with Crippen LogP contribution in [-0.4, -0.2) is 32.7 Å². The van der Waals surface area contributed by atoms with Gasteiger partial charge in [-0.2, -0.15) is 5.10 Å². The lowest BCUT2D eigenvalue weighted by Gasteiger charge is -2.24. The summed E-state index contributed by atoms with van der Waals surface area (Å²) in [6.07, 6.45) is 5.54. The maximum Gasteiger partial charge on any atom is 0.307 e. The van der Waals surface area contributed by atoms with Crippen molar-refractivity contribution in [3.05, 3.63) is 24.0 Å². The summed E-state index contributed by atoms with van der Waals surface area (Å²) < 4.78 is 1.38.